The van der Waals surface area contributed by atoms with E-state index >= 15 is 0 Å². The third-order valence-electron chi connectivity index (χ3n) is 7.76. The quantitative estimate of drug-likeness (QED) is 0.0739. The van der Waals surface area contributed by atoms with Gasteiger partial charge < -0.3 is 25.0 Å². The van der Waals surface area contributed by atoms with E-state index < -0.39 is 13.3 Å². The van der Waals surface area contributed by atoms with Gasteiger partial charge >= 0.3 is 7.60 Å². The fraction of sp³-hybridized carbons (Fsp3) is 0.514. The highest BCUT2D eigenvalue weighted by Gasteiger charge is 2.24. The number of carbonyl (C=O) groups excluding carboxylic acids is 3. The lowest BCUT2D eigenvalue weighted by Crippen LogP contribution is -2.33. The molecule has 1 aliphatic heterocycles. The molecule has 0 radical (unpaired) electrons. The van der Waals surface area contributed by atoms with Crippen molar-refractivity contribution in [2.45, 2.75) is 89.6 Å². The van der Waals surface area contributed by atoms with Crippen LogP contribution in [0.4, 0.5) is 5.69 Å². The number of hydrogen-bond acceptors (Lipinski definition) is 7. The Kier molecular flexibility index (Phi) is 17.1. The van der Waals surface area contributed by atoms with Gasteiger partial charge in [-0.3, -0.25) is 18.9 Å². The van der Waals surface area contributed by atoms with Gasteiger partial charge in [0.1, 0.15) is 0 Å². The van der Waals surface area contributed by atoms with Crippen molar-refractivity contribution in [2.75, 3.05) is 30.3 Å². The number of amides is 3. The molecule has 0 spiro atoms. The minimum atomic E-state index is -3.49. The number of anilines is 1. The second kappa shape index (κ2) is 20.7. The molecule has 0 aliphatic carbocycles. The Bertz CT molecular complexity index is 1390. The summed E-state index contributed by atoms with van der Waals surface area (Å²) in [5.74, 6) is 0.572. The molecule has 0 fully saturated rings. The van der Waals surface area contributed by atoms with E-state index in [4.69, 9.17) is 4.52 Å². The van der Waals surface area contributed by atoms with Crippen molar-refractivity contribution in [3.05, 3.63) is 65.2 Å². The fourth-order valence-corrected chi connectivity index (χ4v) is 7.78. The molecule has 3 amide bonds. The van der Waals surface area contributed by atoms with Crippen LogP contribution in [0.1, 0.15) is 88.8 Å². The molecule has 47 heavy (non-hydrogen) atoms. The lowest BCUT2D eigenvalue weighted by molar-refractivity contribution is -0.125. The van der Waals surface area contributed by atoms with Gasteiger partial charge in [-0.15, -0.1) is 0 Å². The molecule has 0 bridgehead atoms. The van der Waals surface area contributed by atoms with Gasteiger partial charge in [-0.25, -0.2) is 0 Å². The summed E-state index contributed by atoms with van der Waals surface area (Å²) in [7, 11) is -0.105. The third-order valence-corrected chi connectivity index (χ3v) is 12.6. The molecule has 12 heteroatoms. The average Bonchev–Trinajstić information content (AvgIpc) is 3.04. The highest BCUT2D eigenvalue weighted by atomic mass is 33.1. The average molecular weight is 704 g/mol. The van der Waals surface area contributed by atoms with Crippen molar-refractivity contribution < 1.29 is 28.4 Å². The Labute approximate surface area is 288 Å². The number of fused-ring (bicyclic) bond motifs is 2. The molecule has 2 aromatic carbocycles. The second-order valence-electron chi connectivity index (χ2n) is 11.9. The SMILES string of the molecule is CC(CCC(=O)NCCCCCCOP(=O)(O)C(C)C)SSCCNC(=O)CCC(=O)N1Cc2ccccc2/C=C\c2ccccc21. The largest absolute Gasteiger partial charge is 0.356 e. The van der Waals surface area contributed by atoms with Crippen molar-refractivity contribution in [3.8, 4) is 0 Å². The molecule has 0 saturated carbocycles. The summed E-state index contributed by atoms with van der Waals surface area (Å²) in [6, 6.07) is 15.9. The summed E-state index contributed by atoms with van der Waals surface area (Å²) < 4.78 is 16.9. The standard InChI is InChI=1S/C35H50N3O6PS2/c1-27(2)45(42,43)44-24-11-5-4-10-22-36-33(39)19-16-28(3)47-46-25-23-37-34(40)20-21-35(41)38-26-31-14-7-6-12-29(31)17-18-30-13-8-9-15-32(30)38/h6-9,12-15,17-18,27-28H,4-5,10-11,16,19-26H2,1-3H3,(H,36,39)(H,37,40)(H,42,43)/b18-17-. The van der Waals surface area contributed by atoms with Crippen LogP contribution in [0, 0.1) is 0 Å². The van der Waals surface area contributed by atoms with Gasteiger partial charge in [-0.05, 0) is 42.0 Å². The van der Waals surface area contributed by atoms with E-state index in [0.29, 0.717) is 31.3 Å². The van der Waals surface area contributed by atoms with E-state index in [-0.39, 0.29) is 37.2 Å². The minimum absolute atomic E-state index is 0.0469. The number of unbranched alkanes of at least 4 members (excludes halogenated alkanes) is 3. The molecule has 3 rings (SSSR count). The van der Waals surface area contributed by atoms with Crippen molar-refractivity contribution in [1.29, 1.82) is 0 Å². The van der Waals surface area contributed by atoms with Gasteiger partial charge in [-0.1, -0.05) is 110 Å². The molecule has 1 aliphatic rings. The first-order valence-electron chi connectivity index (χ1n) is 16.5. The topological polar surface area (TPSA) is 125 Å². The van der Waals surface area contributed by atoms with Gasteiger partial charge in [0, 0.05) is 43.4 Å². The normalized spacial score (nSPS) is 15.0. The van der Waals surface area contributed by atoms with Crippen molar-refractivity contribution in [1.82, 2.24) is 10.6 Å². The van der Waals surface area contributed by atoms with Crippen LogP contribution in [-0.4, -0.2) is 59.0 Å². The van der Waals surface area contributed by atoms with Gasteiger partial charge in [0.15, 0.2) is 0 Å². The van der Waals surface area contributed by atoms with E-state index in [1.54, 1.807) is 40.3 Å². The highest BCUT2D eigenvalue weighted by molar-refractivity contribution is 8.76. The molecule has 2 aromatic rings. The smallest absolute Gasteiger partial charge is 0.330 e. The van der Waals surface area contributed by atoms with Gasteiger partial charge in [0.05, 0.1) is 24.5 Å². The molecule has 0 aromatic heterocycles. The Hall–Kier alpha value is -2.56. The second-order valence-corrected chi connectivity index (χ2v) is 17.3. The van der Waals surface area contributed by atoms with Crippen LogP contribution >= 0.6 is 29.2 Å². The van der Waals surface area contributed by atoms with Crippen molar-refractivity contribution in [3.63, 3.8) is 0 Å². The first-order valence-corrected chi connectivity index (χ1v) is 20.5. The maximum absolute atomic E-state index is 13.3. The van der Waals surface area contributed by atoms with Crippen LogP contribution in [0.15, 0.2) is 48.5 Å². The Morgan fingerprint density at radius 2 is 1.53 bits per heavy atom. The first kappa shape index (κ1) is 38.9. The predicted molar refractivity (Wildman–Crippen MR) is 196 cm³/mol. The van der Waals surface area contributed by atoms with Gasteiger partial charge in [0.2, 0.25) is 17.7 Å². The number of nitrogens with zero attached hydrogens (tertiary/aromatic N) is 1. The monoisotopic (exact) mass is 703 g/mol. The number of hydrogen-bond donors (Lipinski definition) is 3. The third kappa shape index (κ3) is 14.2. The van der Waals surface area contributed by atoms with Crippen LogP contribution in [0.3, 0.4) is 0 Å². The number of carbonyl (C=O) groups is 3. The maximum Gasteiger partial charge on any atom is 0.330 e. The molecular weight excluding hydrogens is 654 g/mol. The number of benzene rings is 2. The Morgan fingerprint density at radius 3 is 2.32 bits per heavy atom. The lowest BCUT2D eigenvalue weighted by Gasteiger charge is -2.27. The molecule has 1 heterocycles. The number of rotatable bonds is 20. The van der Waals surface area contributed by atoms with E-state index in [0.717, 1.165) is 60.2 Å². The summed E-state index contributed by atoms with van der Waals surface area (Å²) >= 11 is 0. The summed E-state index contributed by atoms with van der Waals surface area (Å²) in [5, 5.41) is 6.19. The summed E-state index contributed by atoms with van der Waals surface area (Å²) in [6.45, 7) is 7.33. The summed E-state index contributed by atoms with van der Waals surface area (Å²) in [5.41, 5.74) is 3.58. The van der Waals surface area contributed by atoms with Crippen LogP contribution in [0.25, 0.3) is 12.2 Å². The first-order chi connectivity index (χ1) is 22.6. The van der Waals surface area contributed by atoms with Crippen LogP contribution in [0.5, 0.6) is 0 Å². The molecule has 0 saturated heterocycles. The molecule has 258 valence electrons. The molecule has 3 N–H and O–H groups in total. The lowest BCUT2D eigenvalue weighted by atomic mass is 10.0. The van der Waals surface area contributed by atoms with E-state index in [1.165, 1.54) is 0 Å². The van der Waals surface area contributed by atoms with Crippen LogP contribution in [-0.2, 0) is 30.0 Å². The number of nitrogens with one attached hydrogen (secondary N) is 2. The summed E-state index contributed by atoms with van der Waals surface area (Å²) in [4.78, 5) is 49.5. The maximum atomic E-state index is 13.3. The molecule has 2 unspecified atom stereocenters. The molecular formula is C35H50N3O6PS2. The van der Waals surface area contributed by atoms with Crippen LogP contribution in [0.2, 0.25) is 0 Å². The zero-order chi connectivity index (χ0) is 34.1. The minimum Gasteiger partial charge on any atom is -0.356 e. The molecule has 9 nitrogen and oxygen atoms in total. The fourth-order valence-electron chi connectivity index (χ4n) is 4.84. The highest BCUT2D eigenvalue weighted by Crippen LogP contribution is 2.47. The zero-order valence-electron chi connectivity index (χ0n) is 27.8. The van der Waals surface area contributed by atoms with E-state index in [1.807, 2.05) is 54.6 Å². The number of para-hydroxylation sites is 1. The van der Waals surface area contributed by atoms with Crippen molar-refractivity contribution in [2.24, 2.45) is 0 Å². The van der Waals surface area contributed by atoms with E-state index in [9.17, 15) is 23.8 Å². The summed E-state index contributed by atoms with van der Waals surface area (Å²) in [6.07, 6.45) is 9.03. The van der Waals surface area contributed by atoms with Crippen LogP contribution < -0.4 is 15.5 Å². The predicted octanol–water partition coefficient (Wildman–Crippen LogP) is 7.44. The van der Waals surface area contributed by atoms with Crippen molar-refractivity contribution >= 4 is 64.7 Å². The Morgan fingerprint density at radius 1 is 0.872 bits per heavy atom. The zero-order valence-corrected chi connectivity index (χ0v) is 30.3. The van der Waals surface area contributed by atoms with E-state index in [2.05, 4.69) is 23.6 Å². The Balaban J connectivity index is 1.23. The van der Waals surface area contributed by atoms with Gasteiger partial charge in [0.25, 0.3) is 0 Å². The molecule has 2 atom stereocenters. The van der Waals surface area contributed by atoms with Gasteiger partial charge in [-0.2, -0.15) is 0 Å².